The fourth-order valence-corrected chi connectivity index (χ4v) is 2.57. The van der Waals surface area contributed by atoms with Crippen molar-refractivity contribution in [2.24, 2.45) is 0 Å². The molecule has 2 aromatic carbocycles. The summed E-state index contributed by atoms with van der Waals surface area (Å²) in [5.41, 5.74) is 3.74. The van der Waals surface area contributed by atoms with Crippen LogP contribution in [0.1, 0.15) is 30.9 Å². The van der Waals surface area contributed by atoms with Gasteiger partial charge in [0.1, 0.15) is 5.75 Å². The fourth-order valence-electron chi connectivity index (χ4n) is 2.18. The molecule has 0 fully saturated rings. The second-order valence-electron chi connectivity index (χ2n) is 5.11. The first-order valence-electron chi connectivity index (χ1n) is 7.38. The Kier molecular flexibility index (Phi) is 6.12. The van der Waals surface area contributed by atoms with Crippen LogP contribution in [0.15, 0.2) is 46.9 Å². The molecule has 0 atom stereocenters. The first-order valence-corrected chi connectivity index (χ1v) is 8.17. The molecule has 0 unspecified atom stereocenters. The molecule has 0 aromatic heterocycles. The van der Waals surface area contributed by atoms with Crippen molar-refractivity contribution in [3.63, 3.8) is 0 Å². The SMILES string of the molecule is CCCCc1ccc(NCc2cc(OC)ccc2Br)cc1. The van der Waals surface area contributed by atoms with Crippen molar-refractivity contribution < 1.29 is 4.74 Å². The first-order chi connectivity index (χ1) is 10.2. The minimum atomic E-state index is 0.770. The summed E-state index contributed by atoms with van der Waals surface area (Å²) in [6.45, 7) is 2.99. The Bertz CT molecular complexity index is 566. The van der Waals surface area contributed by atoms with E-state index in [4.69, 9.17) is 4.74 Å². The molecule has 112 valence electrons. The summed E-state index contributed by atoms with van der Waals surface area (Å²) in [5, 5.41) is 3.45. The first kappa shape index (κ1) is 15.9. The summed E-state index contributed by atoms with van der Waals surface area (Å²) < 4.78 is 6.36. The fraction of sp³-hybridized carbons (Fsp3) is 0.333. The number of nitrogens with one attached hydrogen (secondary N) is 1. The summed E-state index contributed by atoms with van der Waals surface area (Å²) in [6, 6.07) is 14.7. The molecule has 2 nitrogen and oxygen atoms in total. The van der Waals surface area contributed by atoms with Gasteiger partial charge in [-0.25, -0.2) is 0 Å². The molecule has 0 heterocycles. The monoisotopic (exact) mass is 347 g/mol. The maximum Gasteiger partial charge on any atom is 0.119 e. The highest BCUT2D eigenvalue weighted by molar-refractivity contribution is 9.10. The molecule has 3 heteroatoms. The van der Waals surface area contributed by atoms with Gasteiger partial charge in [0.15, 0.2) is 0 Å². The zero-order valence-corrected chi connectivity index (χ0v) is 14.2. The molecule has 0 saturated carbocycles. The van der Waals surface area contributed by atoms with Gasteiger partial charge in [0.25, 0.3) is 0 Å². The summed E-state index contributed by atoms with van der Waals surface area (Å²) in [6.07, 6.45) is 3.66. The maximum atomic E-state index is 5.27. The highest BCUT2D eigenvalue weighted by Gasteiger charge is 2.02. The molecular weight excluding hydrogens is 326 g/mol. The van der Waals surface area contributed by atoms with Gasteiger partial charge in [-0.2, -0.15) is 0 Å². The normalized spacial score (nSPS) is 10.4. The van der Waals surface area contributed by atoms with Gasteiger partial charge < -0.3 is 10.1 Å². The van der Waals surface area contributed by atoms with Crippen LogP contribution < -0.4 is 10.1 Å². The number of anilines is 1. The average Bonchev–Trinajstić information content (AvgIpc) is 2.53. The Balaban J connectivity index is 1.96. The lowest BCUT2D eigenvalue weighted by atomic mass is 10.1. The molecular formula is C18H22BrNO. The number of aryl methyl sites for hydroxylation is 1. The van der Waals surface area contributed by atoms with Crippen molar-refractivity contribution in [2.75, 3.05) is 12.4 Å². The van der Waals surface area contributed by atoms with Crippen LogP contribution in [0.4, 0.5) is 5.69 Å². The molecule has 21 heavy (non-hydrogen) atoms. The lowest BCUT2D eigenvalue weighted by Gasteiger charge is -2.10. The van der Waals surface area contributed by atoms with E-state index in [0.717, 1.165) is 28.9 Å². The van der Waals surface area contributed by atoms with E-state index in [9.17, 15) is 0 Å². The quantitative estimate of drug-likeness (QED) is 0.722. The zero-order chi connectivity index (χ0) is 15.1. The average molecular weight is 348 g/mol. The van der Waals surface area contributed by atoms with E-state index in [1.165, 1.54) is 24.0 Å². The van der Waals surface area contributed by atoms with Crippen molar-refractivity contribution in [3.05, 3.63) is 58.1 Å². The van der Waals surface area contributed by atoms with Gasteiger partial charge >= 0.3 is 0 Å². The molecule has 0 aliphatic rings. The third-order valence-corrected chi connectivity index (χ3v) is 4.28. The van der Waals surface area contributed by atoms with E-state index < -0.39 is 0 Å². The van der Waals surface area contributed by atoms with Crippen LogP contribution in [0, 0.1) is 0 Å². The highest BCUT2D eigenvalue weighted by atomic mass is 79.9. The Hall–Kier alpha value is -1.48. The molecule has 1 N–H and O–H groups in total. The second-order valence-corrected chi connectivity index (χ2v) is 5.97. The third-order valence-electron chi connectivity index (χ3n) is 3.51. The Morgan fingerprint density at radius 2 is 1.86 bits per heavy atom. The summed E-state index contributed by atoms with van der Waals surface area (Å²) in [4.78, 5) is 0. The van der Waals surface area contributed by atoms with E-state index in [1.807, 2.05) is 18.2 Å². The van der Waals surface area contributed by atoms with Crippen LogP contribution >= 0.6 is 15.9 Å². The largest absolute Gasteiger partial charge is 0.497 e. The number of ether oxygens (including phenoxy) is 1. The number of unbranched alkanes of at least 4 members (excludes halogenated alkanes) is 1. The number of hydrogen-bond donors (Lipinski definition) is 1. The summed E-state index contributed by atoms with van der Waals surface area (Å²) in [5.74, 6) is 0.880. The van der Waals surface area contributed by atoms with E-state index in [0.29, 0.717) is 0 Å². The summed E-state index contributed by atoms with van der Waals surface area (Å²) in [7, 11) is 1.69. The lowest BCUT2D eigenvalue weighted by molar-refractivity contribution is 0.414. The Morgan fingerprint density at radius 3 is 2.52 bits per heavy atom. The van der Waals surface area contributed by atoms with Crippen LogP contribution in [0.5, 0.6) is 5.75 Å². The van der Waals surface area contributed by atoms with Gasteiger partial charge in [-0.15, -0.1) is 0 Å². The van der Waals surface area contributed by atoms with Crippen molar-refractivity contribution >= 4 is 21.6 Å². The molecule has 0 spiro atoms. The van der Waals surface area contributed by atoms with E-state index in [2.05, 4.69) is 52.4 Å². The number of rotatable bonds is 7. The molecule has 0 aliphatic carbocycles. The van der Waals surface area contributed by atoms with Gasteiger partial charge in [0.05, 0.1) is 7.11 Å². The maximum absolute atomic E-state index is 5.27. The molecule has 0 bridgehead atoms. The molecule has 0 saturated heterocycles. The van der Waals surface area contributed by atoms with Crippen LogP contribution in [-0.4, -0.2) is 7.11 Å². The Labute approximate surface area is 135 Å². The van der Waals surface area contributed by atoms with E-state index >= 15 is 0 Å². The number of methoxy groups -OCH3 is 1. The lowest BCUT2D eigenvalue weighted by Crippen LogP contribution is -2.01. The molecule has 2 rings (SSSR count). The van der Waals surface area contributed by atoms with Crippen molar-refractivity contribution in [1.29, 1.82) is 0 Å². The van der Waals surface area contributed by atoms with E-state index in [1.54, 1.807) is 7.11 Å². The van der Waals surface area contributed by atoms with Gasteiger partial charge in [-0.05, 0) is 54.3 Å². The zero-order valence-electron chi connectivity index (χ0n) is 12.7. The minimum absolute atomic E-state index is 0.770. The standard InChI is InChI=1S/C18H22BrNO/c1-3-4-5-14-6-8-16(9-7-14)20-13-15-12-17(21-2)10-11-18(15)19/h6-12,20H,3-5,13H2,1-2H3. The number of benzene rings is 2. The van der Waals surface area contributed by atoms with Crippen molar-refractivity contribution in [3.8, 4) is 5.75 Å². The van der Waals surface area contributed by atoms with Crippen LogP contribution in [0.25, 0.3) is 0 Å². The number of hydrogen-bond acceptors (Lipinski definition) is 2. The van der Waals surface area contributed by atoms with E-state index in [-0.39, 0.29) is 0 Å². The number of halogens is 1. The Morgan fingerprint density at radius 1 is 1.10 bits per heavy atom. The van der Waals surface area contributed by atoms with Crippen LogP contribution in [0.2, 0.25) is 0 Å². The van der Waals surface area contributed by atoms with Crippen molar-refractivity contribution in [1.82, 2.24) is 0 Å². The third kappa shape index (κ3) is 4.78. The molecule has 0 amide bonds. The van der Waals surface area contributed by atoms with Gasteiger partial charge in [-0.1, -0.05) is 41.4 Å². The van der Waals surface area contributed by atoms with Crippen LogP contribution in [0.3, 0.4) is 0 Å². The molecule has 0 radical (unpaired) electrons. The summed E-state index contributed by atoms with van der Waals surface area (Å²) >= 11 is 3.58. The minimum Gasteiger partial charge on any atom is -0.497 e. The predicted molar refractivity (Wildman–Crippen MR) is 93.1 cm³/mol. The van der Waals surface area contributed by atoms with Gasteiger partial charge in [-0.3, -0.25) is 0 Å². The smallest absolute Gasteiger partial charge is 0.119 e. The second kappa shape index (κ2) is 8.08. The van der Waals surface area contributed by atoms with Gasteiger partial charge in [0.2, 0.25) is 0 Å². The van der Waals surface area contributed by atoms with Crippen LogP contribution in [-0.2, 0) is 13.0 Å². The molecule has 2 aromatic rings. The molecule has 0 aliphatic heterocycles. The topological polar surface area (TPSA) is 21.3 Å². The predicted octanol–water partition coefficient (Wildman–Crippen LogP) is 5.41. The highest BCUT2D eigenvalue weighted by Crippen LogP contribution is 2.23. The van der Waals surface area contributed by atoms with Gasteiger partial charge in [0, 0.05) is 16.7 Å². The van der Waals surface area contributed by atoms with Crippen molar-refractivity contribution in [2.45, 2.75) is 32.7 Å².